The quantitative estimate of drug-likeness (QED) is 0.746. The second-order valence-electron chi connectivity index (χ2n) is 3.45. The molecule has 80 valence electrons. The smallest absolute Gasteiger partial charge is 0.205 e. The van der Waals surface area contributed by atoms with Crippen LogP contribution in [0.4, 0.5) is 0 Å². The fourth-order valence-corrected chi connectivity index (χ4v) is 3.26. The maximum absolute atomic E-state index is 11.8. The van der Waals surface area contributed by atoms with Crippen LogP contribution in [0.15, 0.2) is 28.0 Å². The minimum atomic E-state index is -3.56. The molecule has 0 amide bonds. The van der Waals surface area contributed by atoms with Crippen LogP contribution in [0.2, 0.25) is 0 Å². The summed E-state index contributed by atoms with van der Waals surface area (Å²) in [5, 5.41) is 18.5. The molecular weight excluding hydrogens is 216 g/mol. The molecule has 0 bridgehead atoms. The summed E-state index contributed by atoms with van der Waals surface area (Å²) in [7, 11) is -3.56. The largest absolute Gasteiger partial charge is 0.508 e. The van der Waals surface area contributed by atoms with Crippen LogP contribution in [0.3, 0.4) is 0 Å². The summed E-state index contributed by atoms with van der Waals surface area (Å²) in [5.74, 6) is 0.00652. The molecule has 1 aliphatic heterocycles. The number of aliphatic hydroxyl groups is 1. The molecule has 0 spiro atoms. The highest BCUT2D eigenvalue weighted by molar-refractivity contribution is 7.96. The van der Waals surface area contributed by atoms with Gasteiger partial charge in [0.1, 0.15) is 5.75 Å². The van der Waals surface area contributed by atoms with E-state index in [1.54, 1.807) is 0 Å². The van der Waals surface area contributed by atoms with Crippen molar-refractivity contribution in [3.05, 3.63) is 28.7 Å². The zero-order valence-corrected chi connectivity index (χ0v) is 8.82. The Morgan fingerprint density at radius 3 is 2.60 bits per heavy atom. The van der Waals surface area contributed by atoms with Gasteiger partial charge in [-0.3, -0.25) is 0 Å². The first-order valence-electron chi connectivity index (χ1n) is 4.40. The molecule has 1 unspecified atom stereocenters. The minimum absolute atomic E-state index is 0.00652. The summed E-state index contributed by atoms with van der Waals surface area (Å²) in [6.45, 7) is 1.40. The molecule has 0 aromatic heterocycles. The molecule has 0 fully saturated rings. The van der Waals surface area contributed by atoms with Crippen molar-refractivity contribution in [3.63, 3.8) is 0 Å². The third-order valence-corrected chi connectivity index (χ3v) is 4.33. The highest BCUT2D eigenvalue weighted by Crippen LogP contribution is 2.35. The Labute approximate surface area is 87.4 Å². The van der Waals surface area contributed by atoms with Gasteiger partial charge in [0.25, 0.3) is 0 Å². The Morgan fingerprint density at radius 1 is 1.33 bits per heavy atom. The van der Waals surface area contributed by atoms with Crippen LogP contribution in [0.25, 0.3) is 6.08 Å². The molecule has 0 saturated heterocycles. The predicted molar refractivity (Wildman–Crippen MR) is 55.0 cm³/mol. The van der Waals surface area contributed by atoms with E-state index >= 15 is 0 Å². The molecule has 2 rings (SSSR count). The topological polar surface area (TPSA) is 74.6 Å². The number of aliphatic hydroxyl groups excluding tert-OH is 1. The van der Waals surface area contributed by atoms with Gasteiger partial charge in [-0.05, 0) is 36.8 Å². The number of benzene rings is 1. The third-order valence-electron chi connectivity index (χ3n) is 2.30. The van der Waals surface area contributed by atoms with Gasteiger partial charge in [0.2, 0.25) is 9.84 Å². The molecule has 1 aliphatic rings. The lowest BCUT2D eigenvalue weighted by Crippen LogP contribution is -2.11. The first-order valence-corrected chi connectivity index (χ1v) is 5.89. The average molecular weight is 226 g/mol. The molecule has 0 saturated carbocycles. The van der Waals surface area contributed by atoms with Gasteiger partial charge in [-0.15, -0.1) is 0 Å². The number of hydrogen-bond donors (Lipinski definition) is 2. The molecule has 0 radical (unpaired) electrons. The first-order chi connectivity index (χ1) is 6.93. The Kier molecular flexibility index (Phi) is 2.09. The van der Waals surface area contributed by atoms with Crippen molar-refractivity contribution in [2.24, 2.45) is 0 Å². The summed E-state index contributed by atoms with van der Waals surface area (Å²) >= 11 is 0. The van der Waals surface area contributed by atoms with E-state index in [4.69, 9.17) is 0 Å². The van der Waals surface area contributed by atoms with Crippen molar-refractivity contribution in [1.29, 1.82) is 0 Å². The Bertz CT molecular complexity index is 541. The minimum Gasteiger partial charge on any atom is -0.508 e. The molecule has 1 aromatic rings. The van der Waals surface area contributed by atoms with Crippen molar-refractivity contribution in [2.45, 2.75) is 17.9 Å². The Hall–Kier alpha value is -1.33. The monoisotopic (exact) mass is 226 g/mol. The van der Waals surface area contributed by atoms with E-state index < -0.39 is 15.9 Å². The number of rotatable bonds is 1. The molecule has 4 nitrogen and oxygen atoms in total. The van der Waals surface area contributed by atoms with Crippen LogP contribution in [0.1, 0.15) is 12.5 Å². The van der Waals surface area contributed by atoms with Crippen LogP contribution in [-0.2, 0) is 9.84 Å². The van der Waals surface area contributed by atoms with Gasteiger partial charge in [0.15, 0.2) is 0 Å². The van der Waals surface area contributed by atoms with Crippen molar-refractivity contribution in [2.75, 3.05) is 0 Å². The lowest BCUT2D eigenvalue weighted by Gasteiger charge is -2.05. The lowest BCUT2D eigenvalue weighted by atomic mass is 10.2. The molecule has 5 heteroatoms. The number of phenols is 1. The Morgan fingerprint density at radius 2 is 2.00 bits per heavy atom. The highest BCUT2D eigenvalue weighted by Gasteiger charge is 2.32. The molecule has 0 aliphatic carbocycles. The normalized spacial score (nSPS) is 19.5. The average Bonchev–Trinajstić information content (AvgIpc) is 2.37. The summed E-state index contributed by atoms with van der Waals surface area (Å²) in [6.07, 6.45) is 0.347. The predicted octanol–water partition coefficient (Wildman–Crippen LogP) is 0.901. The highest BCUT2D eigenvalue weighted by atomic mass is 32.2. The standard InChI is InChI=1S/C10H10O4S/c1-6(11)10-5-7-4-8(12)2-3-9(7)15(10,13)14/h2-6,11-12H,1H3. The van der Waals surface area contributed by atoms with Crippen molar-refractivity contribution in [1.82, 2.24) is 0 Å². The van der Waals surface area contributed by atoms with Gasteiger partial charge in [-0.2, -0.15) is 0 Å². The zero-order valence-electron chi connectivity index (χ0n) is 8.01. The summed E-state index contributed by atoms with van der Waals surface area (Å²) in [5.41, 5.74) is 0.422. The Balaban J connectivity index is 2.69. The van der Waals surface area contributed by atoms with E-state index in [-0.39, 0.29) is 15.6 Å². The third kappa shape index (κ3) is 1.44. The van der Waals surface area contributed by atoms with E-state index in [9.17, 15) is 18.6 Å². The number of hydrogen-bond acceptors (Lipinski definition) is 4. The van der Waals surface area contributed by atoms with Gasteiger partial charge < -0.3 is 10.2 Å². The maximum Gasteiger partial charge on any atom is 0.205 e. The van der Waals surface area contributed by atoms with Gasteiger partial charge >= 0.3 is 0 Å². The van der Waals surface area contributed by atoms with Crippen LogP contribution >= 0.6 is 0 Å². The summed E-state index contributed by atoms with van der Waals surface area (Å²) < 4.78 is 23.7. The van der Waals surface area contributed by atoms with Gasteiger partial charge in [0, 0.05) is 0 Å². The summed E-state index contributed by atoms with van der Waals surface area (Å²) in [4.78, 5) is 0.110. The van der Waals surface area contributed by atoms with E-state index in [2.05, 4.69) is 0 Å². The molecule has 1 heterocycles. The molecule has 2 N–H and O–H groups in total. The van der Waals surface area contributed by atoms with E-state index in [0.717, 1.165) is 0 Å². The van der Waals surface area contributed by atoms with E-state index in [0.29, 0.717) is 5.56 Å². The SMILES string of the molecule is CC(O)C1=Cc2cc(O)ccc2S1(=O)=O. The van der Waals surface area contributed by atoms with Crippen molar-refractivity contribution >= 4 is 15.9 Å². The van der Waals surface area contributed by atoms with Crippen molar-refractivity contribution in [3.8, 4) is 5.75 Å². The van der Waals surface area contributed by atoms with E-state index in [1.807, 2.05) is 0 Å². The number of aromatic hydroxyl groups is 1. The van der Waals surface area contributed by atoms with Gasteiger partial charge in [0.05, 0.1) is 15.9 Å². The fourth-order valence-electron chi connectivity index (χ4n) is 1.60. The first kappa shape index (κ1) is 10.2. The van der Waals surface area contributed by atoms with Gasteiger partial charge in [-0.25, -0.2) is 8.42 Å². The van der Waals surface area contributed by atoms with Gasteiger partial charge in [-0.1, -0.05) is 0 Å². The molecule has 15 heavy (non-hydrogen) atoms. The maximum atomic E-state index is 11.8. The fraction of sp³-hybridized carbons (Fsp3) is 0.200. The van der Waals surface area contributed by atoms with Crippen LogP contribution < -0.4 is 0 Å². The summed E-state index contributed by atoms with van der Waals surface area (Å²) in [6, 6.07) is 4.02. The molecule has 1 atom stereocenters. The number of fused-ring (bicyclic) bond motifs is 1. The van der Waals surface area contributed by atoms with Crippen LogP contribution in [0, 0.1) is 0 Å². The van der Waals surface area contributed by atoms with E-state index in [1.165, 1.54) is 31.2 Å². The zero-order chi connectivity index (χ0) is 11.2. The molecular formula is C10H10O4S. The van der Waals surface area contributed by atoms with Crippen LogP contribution in [0.5, 0.6) is 5.75 Å². The molecule has 1 aromatic carbocycles. The second-order valence-corrected chi connectivity index (χ2v) is 5.37. The van der Waals surface area contributed by atoms with Crippen LogP contribution in [-0.4, -0.2) is 24.7 Å². The van der Waals surface area contributed by atoms with Crippen molar-refractivity contribution < 1.29 is 18.6 Å². The number of phenolic OH excluding ortho intramolecular Hbond substituents is 1. The lowest BCUT2D eigenvalue weighted by molar-refractivity contribution is 0.240. The second kappa shape index (κ2) is 3.08. The number of sulfone groups is 1.